The zero-order valence-corrected chi connectivity index (χ0v) is 8.99. The fourth-order valence-electron chi connectivity index (χ4n) is 1.89. The van der Waals surface area contributed by atoms with E-state index in [4.69, 9.17) is 11.6 Å². The molecule has 3 rings (SSSR count). The molecule has 1 aromatic carbocycles. The lowest BCUT2D eigenvalue weighted by Crippen LogP contribution is -1.87. The van der Waals surface area contributed by atoms with Gasteiger partial charge in [0.15, 0.2) is 0 Å². The zero-order valence-electron chi connectivity index (χ0n) is 8.24. The number of imidazole rings is 1. The molecule has 3 aromatic rings. The number of halogens is 1. The van der Waals surface area contributed by atoms with Crippen molar-refractivity contribution >= 4 is 28.3 Å². The zero-order chi connectivity index (χ0) is 10.4. The number of aromatic nitrogens is 2. The molecule has 0 aliphatic rings. The van der Waals surface area contributed by atoms with Crippen LogP contribution in [0.25, 0.3) is 16.7 Å². The Morgan fingerprint density at radius 2 is 2.07 bits per heavy atom. The van der Waals surface area contributed by atoms with Crippen LogP contribution in [0.4, 0.5) is 0 Å². The molecule has 0 aliphatic carbocycles. The summed E-state index contributed by atoms with van der Waals surface area (Å²) in [7, 11) is 0. The molecule has 0 spiro atoms. The second-order valence-electron chi connectivity index (χ2n) is 3.64. The smallest absolute Gasteiger partial charge is 0.140 e. The average molecular weight is 217 g/mol. The first-order chi connectivity index (χ1) is 7.25. The Balaban J connectivity index is 2.61. The van der Waals surface area contributed by atoms with Gasteiger partial charge in [-0.05, 0) is 30.7 Å². The summed E-state index contributed by atoms with van der Waals surface area (Å²) in [5.74, 6) is 0. The van der Waals surface area contributed by atoms with E-state index >= 15 is 0 Å². The molecule has 0 amide bonds. The van der Waals surface area contributed by atoms with Crippen molar-refractivity contribution in [1.29, 1.82) is 0 Å². The van der Waals surface area contributed by atoms with Gasteiger partial charge in [-0.25, -0.2) is 4.98 Å². The van der Waals surface area contributed by atoms with E-state index < -0.39 is 0 Å². The third kappa shape index (κ3) is 1.22. The number of hydrogen-bond acceptors (Lipinski definition) is 1. The summed E-state index contributed by atoms with van der Waals surface area (Å²) in [4.78, 5) is 4.56. The van der Waals surface area contributed by atoms with E-state index in [2.05, 4.69) is 4.98 Å². The number of para-hydroxylation sites is 2. The highest BCUT2D eigenvalue weighted by Gasteiger charge is 2.06. The van der Waals surface area contributed by atoms with Crippen LogP contribution in [0, 0.1) is 6.92 Å². The maximum Gasteiger partial charge on any atom is 0.140 e. The highest BCUT2D eigenvalue weighted by molar-refractivity contribution is 6.30. The lowest BCUT2D eigenvalue weighted by molar-refractivity contribution is 1.20. The highest BCUT2D eigenvalue weighted by Crippen LogP contribution is 2.21. The van der Waals surface area contributed by atoms with Crippen molar-refractivity contribution in [3.63, 3.8) is 0 Å². The number of rotatable bonds is 0. The number of benzene rings is 1. The van der Waals surface area contributed by atoms with Crippen LogP contribution in [-0.4, -0.2) is 9.38 Å². The Kier molecular flexibility index (Phi) is 1.73. The third-order valence-electron chi connectivity index (χ3n) is 2.56. The number of fused-ring (bicyclic) bond motifs is 3. The lowest BCUT2D eigenvalue weighted by atomic mass is 10.3. The molecule has 0 N–H and O–H groups in total. The SMILES string of the molecule is Cc1cc(Cl)cn2c1nc1ccccc12. The van der Waals surface area contributed by atoms with Gasteiger partial charge in [0.1, 0.15) is 5.65 Å². The number of aryl methyl sites for hydroxylation is 1. The molecule has 0 unspecified atom stereocenters. The predicted molar refractivity (Wildman–Crippen MR) is 62.4 cm³/mol. The molecule has 0 aliphatic heterocycles. The van der Waals surface area contributed by atoms with Crippen molar-refractivity contribution in [2.75, 3.05) is 0 Å². The summed E-state index contributed by atoms with van der Waals surface area (Å²) in [5.41, 5.74) is 4.17. The maximum absolute atomic E-state index is 6.03. The number of pyridine rings is 1. The first-order valence-corrected chi connectivity index (χ1v) is 5.16. The summed E-state index contributed by atoms with van der Waals surface area (Å²) in [6, 6.07) is 9.99. The van der Waals surface area contributed by atoms with E-state index in [1.807, 2.05) is 47.9 Å². The molecule has 0 bridgehead atoms. The molecule has 0 saturated carbocycles. The molecular weight excluding hydrogens is 208 g/mol. The van der Waals surface area contributed by atoms with Gasteiger partial charge in [-0.3, -0.25) is 4.40 Å². The Morgan fingerprint density at radius 3 is 2.93 bits per heavy atom. The summed E-state index contributed by atoms with van der Waals surface area (Å²) >= 11 is 6.03. The molecule has 0 radical (unpaired) electrons. The van der Waals surface area contributed by atoms with Crippen molar-refractivity contribution in [2.24, 2.45) is 0 Å². The van der Waals surface area contributed by atoms with Crippen LogP contribution >= 0.6 is 11.6 Å². The lowest BCUT2D eigenvalue weighted by Gasteiger charge is -1.99. The van der Waals surface area contributed by atoms with Crippen LogP contribution in [-0.2, 0) is 0 Å². The summed E-state index contributed by atoms with van der Waals surface area (Å²) in [6.07, 6.45) is 1.90. The van der Waals surface area contributed by atoms with Gasteiger partial charge in [-0.1, -0.05) is 23.7 Å². The molecule has 2 aromatic heterocycles. The second-order valence-corrected chi connectivity index (χ2v) is 4.07. The molecule has 0 atom stereocenters. The predicted octanol–water partition coefficient (Wildman–Crippen LogP) is 3.45. The Bertz CT molecular complexity index is 655. The van der Waals surface area contributed by atoms with Crippen molar-refractivity contribution in [3.8, 4) is 0 Å². The standard InChI is InChI=1S/C12H9ClN2/c1-8-6-9(13)7-15-11-5-3-2-4-10(11)14-12(8)15/h2-7H,1H3. The van der Waals surface area contributed by atoms with Crippen molar-refractivity contribution < 1.29 is 0 Å². The van der Waals surface area contributed by atoms with Crippen LogP contribution in [0.2, 0.25) is 5.02 Å². The quantitative estimate of drug-likeness (QED) is 0.563. The minimum atomic E-state index is 0.739. The van der Waals surface area contributed by atoms with Gasteiger partial charge in [-0.2, -0.15) is 0 Å². The van der Waals surface area contributed by atoms with Gasteiger partial charge in [0.2, 0.25) is 0 Å². The van der Waals surface area contributed by atoms with Gasteiger partial charge in [0.05, 0.1) is 16.1 Å². The van der Waals surface area contributed by atoms with Gasteiger partial charge in [0.25, 0.3) is 0 Å². The highest BCUT2D eigenvalue weighted by atomic mass is 35.5. The molecule has 3 heteroatoms. The van der Waals surface area contributed by atoms with Crippen LogP contribution in [0.3, 0.4) is 0 Å². The Hall–Kier alpha value is -1.54. The summed E-state index contributed by atoms with van der Waals surface area (Å²) < 4.78 is 2.03. The van der Waals surface area contributed by atoms with Gasteiger partial charge in [0, 0.05) is 6.20 Å². The summed E-state index contributed by atoms with van der Waals surface area (Å²) in [6.45, 7) is 2.02. The third-order valence-corrected chi connectivity index (χ3v) is 2.76. The molecule has 0 fully saturated rings. The Morgan fingerprint density at radius 1 is 1.27 bits per heavy atom. The van der Waals surface area contributed by atoms with E-state index in [0.29, 0.717) is 0 Å². The van der Waals surface area contributed by atoms with Crippen LogP contribution in [0.5, 0.6) is 0 Å². The van der Waals surface area contributed by atoms with E-state index in [1.165, 1.54) is 0 Å². The van der Waals surface area contributed by atoms with Crippen LogP contribution < -0.4 is 0 Å². The molecule has 74 valence electrons. The van der Waals surface area contributed by atoms with E-state index in [0.717, 1.165) is 27.3 Å². The molecule has 0 saturated heterocycles. The van der Waals surface area contributed by atoms with Gasteiger partial charge < -0.3 is 0 Å². The second kappa shape index (κ2) is 2.97. The van der Waals surface area contributed by atoms with Crippen LogP contribution in [0.15, 0.2) is 36.5 Å². The number of nitrogens with zero attached hydrogens (tertiary/aromatic N) is 2. The largest absolute Gasteiger partial charge is 0.298 e. The summed E-state index contributed by atoms with van der Waals surface area (Å²) in [5, 5.41) is 0.739. The normalized spacial score (nSPS) is 11.3. The minimum absolute atomic E-state index is 0.739. The Labute approximate surface area is 92.1 Å². The maximum atomic E-state index is 6.03. The molecule has 15 heavy (non-hydrogen) atoms. The monoisotopic (exact) mass is 216 g/mol. The minimum Gasteiger partial charge on any atom is -0.298 e. The van der Waals surface area contributed by atoms with Crippen molar-refractivity contribution in [3.05, 3.63) is 47.1 Å². The van der Waals surface area contributed by atoms with Crippen molar-refractivity contribution in [1.82, 2.24) is 9.38 Å². The average Bonchev–Trinajstić information content (AvgIpc) is 2.57. The van der Waals surface area contributed by atoms with E-state index in [9.17, 15) is 0 Å². The van der Waals surface area contributed by atoms with Gasteiger partial charge >= 0.3 is 0 Å². The topological polar surface area (TPSA) is 17.3 Å². The molecule has 2 nitrogen and oxygen atoms in total. The molecule has 2 heterocycles. The van der Waals surface area contributed by atoms with E-state index in [1.54, 1.807) is 0 Å². The van der Waals surface area contributed by atoms with Crippen molar-refractivity contribution in [2.45, 2.75) is 6.92 Å². The number of hydrogen-bond donors (Lipinski definition) is 0. The molecular formula is C12H9ClN2. The first kappa shape index (κ1) is 8.74. The van der Waals surface area contributed by atoms with Crippen LogP contribution in [0.1, 0.15) is 5.56 Å². The fourth-order valence-corrected chi connectivity index (χ4v) is 2.15. The fraction of sp³-hybridized carbons (Fsp3) is 0.0833. The first-order valence-electron chi connectivity index (χ1n) is 4.78. The van der Waals surface area contributed by atoms with Gasteiger partial charge in [-0.15, -0.1) is 0 Å². The van der Waals surface area contributed by atoms with E-state index in [-0.39, 0.29) is 0 Å².